The molecule has 12 aromatic rings. The molecule has 34 nitrogen and oxygen atoms in total. The van der Waals surface area contributed by atoms with E-state index < -0.39 is 109 Å². The normalized spacial score (nSPS) is 13.6. The van der Waals surface area contributed by atoms with Crippen LogP contribution in [0.1, 0.15) is 118 Å². The van der Waals surface area contributed by atoms with Gasteiger partial charge in [0.15, 0.2) is 80.9 Å². The number of nitro groups is 2. The molecule has 43 heteroatoms. The quantitative estimate of drug-likeness (QED) is 0.0120. The van der Waals surface area contributed by atoms with Gasteiger partial charge in [0.1, 0.15) is 39.3 Å². The Labute approximate surface area is 814 Å². The number of nitro benzene ring substituents is 2. The fourth-order valence-corrected chi connectivity index (χ4v) is 19.5. The number of anilines is 1. The van der Waals surface area contributed by atoms with Gasteiger partial charge in [0.05, 0.1) is 164 Å². The predicted molar refractivity (Wildman–Crippen MR) is 518 cm³/mol. The number of imidazole rings is 1. The second kappa shape index (κ2) is 48.2. The molecule has 0 amide bonds. The van der Waals surface area contributed by atoms with Crippen molar-refractivity contribution in [3.63, 3.8) is 0 Å². The first-order chi connectivity index (χ1) is 64.2. The first kappa shape index (κ1) is 111. The van der Waals surface area contributed by atoms with E-state index in [0.29, 0.717) is 146 Å². The zero-order valence-corrected chi connectivity index (χ0v) is 85.4. The second-order valence-corrected chi connectivity index (χ2v) is 41.5. The molecule has 8 aromatic carbocycles. The Morgan fingerprint density at radius 1 is 0.442 bits per heavy atom. The van der Waals surface area contributed by atoms with Crippen molar-refractivity contribution in [3.05, 3.63) is 277 Å². The largest absolute Gasteiger partial charge is 0.501 e. The van der Waals surface area contributed by atoms with E-state index in [2.05, 4.69) is 34.9 Å². The molecule has 0 aliphatic carbocycles. The molecule has 3 N–H and O–H groups in total. The van der Waals surface area contributed by atoms with E-state index in [0.717, 1.165) is 67.1 Å². The van der Waals surface area contributed by atoms with Crippen molar-refractivity contribution in [2.45, 2.75) is 110 Å². The number of nitrogens with zero attached hydrogens (tertiary/aromatic N) is 9. The summed E-state index contributed by atoms with van der Waals surface area (Å²) in [6, 6.07) is 40.0. The molecule has 5 heterocycles. The minimum Gasteiger partial charge on any atom is -0.493 e. The number of sulfone groups is 4. The van der Waals surface area contributed by atoms with Gasteiger partial charge in [-0.2, -0.15) is 0 Å². The van der Waals surface area contributed by atoms with Crippen LogP contribution in [0.3, 0.4) is 0 Å². The van der Waals surface area contributed by atoms with Crippen LogP contribution < -0.4 is 54.8 Å². The molecule has 4 atom stereocenters. The molecular weight excluding hydrogens is 2040 g/mol. The molecule has 138 heavy (non-hydrogen) atoms. The van der Waals surface area contributed by atoms with E-state index in [-0.39, 0.29) is 98.8 Å². The van der Waals surface area contributed by atoms with E-state index in [9.17, 15) is 71.9 Å². The fraction of sp³-hybridized carbons (Fsp3) is 0.347. The van der Waals surface area contributed by atoms with Crippen molar-refractivity contribution in [3.8, 4) is 80.2 Å². The van der Waals surface area contributed by atoms with Gasteiger partial charge in [0.2, 0.25) is 0 Å². The number of methoxy groups -OCH3 is 4. The topological polar surface area (TPSA) is 456 Å². The molecule has 0 spiro atoms. The second-order valence-electron chi connectivity index (χ2n) is 32.8. The average Bonchev–Trinajstić information content (AvgIpc) is 1.62. The number of ether oxygens (including phenoxy) is 8. The van der Waals surface area contributed by atoms with Gasteiger partial charge in [0, 0.05) is 91.8 Å². The number of benzene rings is 8. The molecule has 0 bridgehead atoms. The van der Waals surface area contributed by atoms with E-state index in [1.807, 2.05) is 67.5 Å². The Morgan fingerprint density at radius 3 is 1.12 bits per heavy atom. The Balaban J connectivity index is 0.000000225. The van der Waals surface area contributed by atoms with Crippen molar-refractivity contribution >= 4 is 80.0 Å². The number of rotatable bonds is 37. The first-order valence-corrected chi connectivity index (χ1v) is 50.8. The summed E-state index contributed by atoms with van der Waals surface area (Å²) in [7, 11) is -8.49. The summed E-state index contributed by atoms with van der Waals surface area (Å²) in [5.41, 5.74) is 11.0. The molecule has 1 aliphatic rings. The number of aromatic nitrogens is 8. The molecule has 0 unspecified atom stereocenters. The van der Waals surface area contributed by atoms with Crippen LogP contribution in [-0.2, 0) is 89.0 Å². The molecule has 738 valence electrons. The number of hydrogen-bond acceptors (Lipinski definition) is 30. The fourth-order valence-electron chi connectivity index (χ4n) is 15.4. The molecule has 13 rings (SSSR count). The zero-order valence-electron chi connectivity index (χ0n) is 79.2. The SMILES string of the molecule is CCOc1cc([C@@H](CS(C)(=O)=O)n2c(=O)[nH]c3c(-c4ncc(F)cn4)cccc32)ccc1OC.CCOc1cc([C@H](Cc2cccc(-c3ncc(F)cn3)c2N)CS(C)(=O)=O)ccc1OC.CCOc1cc([C@H](Cc2cccc(-c3ncc(F)cn3)c2[N+](=O)[O-])CS(C)(=O)=O)ccc1OC.CCOc1cc([C@H](Cc2cccc(B3OC(C)(C)C(C)(C)O3)c2[N+](=O)[O-])CS(C)(=O)=O)ccc1OC.[CH3-].[W]. The third kappa shape index (κ3) is 29.1. The minimum absolute atomic E-state index is 0. The van der Waals surface area contributed by atoms with Crippen LogP contribution in [0.2, 0.25) is 0 Å². The van der Waals surface area contributed by atoms with Crippen molar-refractivity contribution in [2.24, 2.45) is 0 Å². The maximum Gasteiger partial charge on any atom is 0.501 e. The Kier molecular flexibility index (Phi) is 38.7. The number of nitrogen functional groups attached to an aromatic ring is 1. The van der Waals surface area contributed by atoms with Gasteiger partial charge in [-0.1, -0.05) is 72.8 Å². The molecule has 1 fully saturated rings. The summed E-state index contributed by atoms with van der Waals surface area (Å²) in [5.74, 6) is 0.367. The number of fused-ring (bicyclic) bond motifs is 1. The maximum absolute atomic E-state index is 13.3. The van der Waals surface area contributed by atoms with Gasteiger partial charge in [-0.15, -0.1) is 0 Å². The van der Waals surface area contributed by atoms with Gasteiger partial charge < -0.3 is 65.3 Å². The standard InChI is InChI=1S/C25H34BNO8S.C23H23FN4O5S.C23H24FN3O6S.C23H26FN3O4S.CH3.W/c1-8-33-22-15-17(12-13-21(22)32-6)19(16-36(7,30)31)14-18-10-9-11-20(23(18)27(28)29)26-34-24(2,3)25(4,5)35-26;1-4-33-20-10-14(8-9-19(20)32-2)18(13-34(3,30)31)28-17-7-5-6-16(21(17)27-23(28)29)22-25-11-15(24)12-26-22;1-4-33-21-11-15(8-9-20(21)32-2)17(14-34(3,30)31)10-16-6-5-7-19(22(16)27(28)29)23-25-12-18(24)13-26-23;1-4-31-21-11-15(8-9-20(21)30-2)17(14-32(3,28)29)10-16-6-5-7-19(22(16)25)23-26-12-18(24)13-27-23;;/h9-13,15,19H,8,14,16H2,1-7H3;5-12,18H,4,13H2,1-3H3,(H,27,29);5-9,11-13,17H,4,10,14H2,1-3H3;5-9,11-13,17H,4,10,14,25H2,1-3H3;1H3;/q;;;;-1;/t19-;18-;2*17-;;/m1111../s1. The van der Waals surface area contributed by atoms with E-state index >= 15 is 0 Å². The summed E-state index contributed by atoms with van der Waals surface area (Å²) in [4.78, 5) is 63.0. The van der Waals surface area contributed by atoms with Gasteiger partial charge in [-0.3, -0.25) is 24.8 Å². The smallest absolute Gasteiger partial charge is 0.493 e. The van der Waals surface area contributed by atoms with Crippen LogP contribution in [0.4, 0.5) is 30.2 Å². The van der Waals surface area contributed by atoms with Crippen molar-refractivity contribution in [2.75, 3.05) is 109 Å². The van der Waals surface area contributed by atoms with Crippen molar-refractivity contribution < 1.29 is 125 Å². The predicted octanol–water partition coefficient (Wildman–Crippen LogP) is 14.7. The number of halogens is 3. The molecule has 0 saturated carbocycles. The molecule has 4 aromatic heterocycles. The van der Waals surface area contributed by atoms with Crippen molar-refractivity contribution in [1.29, 1.82) is 0 Å². The number of hydrogen-bond donors (Lipinski definition) is 2. The summed E-state index contributed by atoms with van der Waals surface area (Å²) in [6.45, 7) is 16.5. The van der Waals surface area contributed by atoms with Crippen LogP contribution in [-0.4, -0.2) is 204 Å². The van der Waals surface area contributed by atoms with Crippen molar-refractivity contribution in [1.82, 2.24) is 39.5 Å². The van der Waals surface area contributed by atoms with Gasteiger partial charge in [-0.25, -0.2) is 81.5 Å². The molecule has 1 saturated heterocycles. The summed E-state index contributed by atoms with van der Waals surface area (Å²) in [5, 5.41) is 24.3. The number of para-hydroxylation sites is 4. The summed E-state index contributed by atoms with van der Waals surface area (Å²) in [6.07, 6.45) is 11.2. The maximum atomic E-state index is 13.3. The van der Waals surface area contributed by atoms with Gasteiger partial charge in [-0.05, 0) is 175 Å². The Bertz CT molecular complexity index is 6800. The average molecular weight is 2150 g/mol. The number of H-pyrrole nitrogens is 1. The monoisotopic (exact) mass is 2150 g/mol. The Hall–Kier alpha value is -12.5. The summed E-state index contributed by atoms with van der Waals surface area (Å²) < 4.78 is 196. The molecular formula is C95H110BF3N11O23S4W-. The molecule has 1 aliphatic heterocycles. The van der Waals surface area contributed by atoms with Crippen LogP contribution in [0.25, 0.3) is 45.2 Å². The summed E-state index contributed by atoms with van der Waals surface area (Å²) >= 11 is 0. The first-order valence-electron chi connectivity index (χ1n) is 42.6. The third-order valence-electron chi connectivity index (χ3n) is 22.1. The zero-order chi connectivity index (χ0) is 99.5. The molecule has 0 radical (unpaired) electrons. The van der Waals surface area contributed by atoms with Crippen LogP contribution in [0, 0.1) is 45.1 Å². The van der Waals surface area contributed by atoms with Crippen LogP contribution in [0.5, 0.6) is 46.0 Å². The van der Waals surface area contributed by atoms with Crippen LogP contribution >= 0.6 is 0 Å². The Morgan fingerprint density at radius 2 is 0.754 bits per heavy atom. The van der Waals surface area contributed by atoms with E-state index in [4.69, 9.17) is 52.9 Å². The van der Waals surface area contributed by atoms with Gasteiger partial charge in [0.25, 0.3) is 11.4 Å². The number of nitrogens with two attached hydrogens (primary N) is 1. The van der Waals surface area contributed by atoms with Gasteiger partial charge >= 0.3 is 12.8 Å². The van der Waals surface area contributed by atoms with E-state index in [1.165, 1.54) is 38.2 Å². The number of nitrogens with one attached hydrogen (secondary N) is 1. The van der Waals surface area contributed by atoms with E-state index in [1.54, 1.807) is 135 Å². The number of aromatic amines is 1. The third-order valence-corrected chi connectivity index (χ3v) is 26.1. The van der Waals surface area contributed by atoms with Crippen LogP contribution in [0.15, 0.2) is 188 Å². The minimum atomic E-state index is -3.50.